The topological polar surface area (TPSA) is 75.1 Å². The van der Waals surface area contributed by atoms with Gasteiger partial charge in [0.2, 0.25) is 5.89 Å². The molecule has 1 aromatic carbocycles. The summed E-state index contributed by atoms with van der Waals surface area (Å²) >= 11 is 0. The Labute approximate surface area is 152 Å². The summed E-state index contributed by atoms with van der Waals surface area (Å²) in [5, 5.41) is 4.01. The van der Waals surface area contributed by atoms with Crippen LogP contribution in [0.4, 0.5) is 0 Å². The predicted molar refractivity (Wildman–Crippen MR) is 99.1 cm³/mol. The van der Waals surface area contributed by atoms with E-state index < -0.39 is 0 Å². The van der Waals surface area contributed by atoms with Crippen LogP contribution >= 0.6 is 0 Å². The summed E-state index contributed by atoms with van der Waals surface area (Å²) in [7, 11) is 0. The summed E-state index contributed by atoms with van der Waals surface area (Å²) in [6.45, 7) is 9.70. The summed E-state index contributed by atoms with van der Waals surface area (Å²) in [6.07, 6.45) is 0.650. The summed E-state index contributed by atoms with van der Waals surface area (Å²) in [4.78, 5) is 17.2. The molecular weight excluding hydrogens is 332 g/mol. The Hall–Kier alpha value is -2.41. The molecule has 2 heterocycles. The van der Waals surface area contributed by atoms with Crippen molar-refractivity contribution in [3.05, 3.63) is 46.5 Å². The van der Waals surface area contributed by atoms with Crippen molar-refractivity contribution in [2.24, 2.45) is 5.92 Å². The van der Waals surface area contributed by atoms with E-state index in [1.54, 1.807) is 9.13 Å². The van der Waals surface area contributed by atoms with Gasteiger partial charge in [0.25, 0.3) is 0 Å². The molecular formula is C19H26N4O3. The van der Waals surface area contributed by atoms with Crippen LogP contribution in [0, 0.1) is 5.92 Å². The average Bonchev–Trinajstić information content (AvgIpc) is 3.19. The number of ether oxygens (including phenoxy) is 1. The molecule has 0 radical (unpaired) electrons. The monoisotopic (exact) mass is 358 g/mol. The predicted octanol–water partition coefficient (Wildman–Crippen LogP) is 3.38. The lowest BCUT2D eigenvalue weighted by molar-refractivity contribution is 0.0402. The Bertz CT molecular complexity index is 922. The lowest BCUT2D eigenvalue weighted by Gasteiger charge is -2.10. The molecule has 0 fully saturated rings. The maximum absolute atomic E-state index is 12.8. The smallest absolute Gasteiger partial charge is 0.329 e. The Morgan fingerprint density at radius 3 is 2.50 bits per heavy atom. The molecule has 2 aromatic heterocycles. The van der Waals surface area contributed by atoms with Gasteiger partial charge in [-0.3, -0.25) is 9.13 Å². The van der Waals surface area contributed by atoms with Crippen molar-refractivity contribution in [3.63, 3.8) is 0 Å². The number of fused-ring (bicyclic) bond motifs is 1. The van der Waals surface area contributed by atoms with E-state index in [9.17, 15) is 4.79 Å². The molecule has 0 aliphatic rings. The molecule has 0 spiro atoms. The minimum absolute atomic E-state index is 0.0584. The number of nitrogens with zero attached hydrogens (tertiary/aromatic N) is 4. The van der Waals surface area contributed by atoms with Crippen LogP contribution in [-0.2, 0) is 17.8 Å². The molecule has 0 amide bonds. The van der Waals surface area contributed by atoms with Crippen LogP contribution in [0.5, 0.6) is 0 Å². The van der Waals surface area contributed by atoms with Crippen molar-refractivity contribution in [2.75, 3.05) is 6.61 Å². The highest BCUT2D eigenvalue weighted by atomic mass is 16.5. The molecule has 0 aliphatic carbocycles. The molecule has 0 bridgehead atoms. The number of hydrogen-bond acceptors (Lipinski definition) is 5. The van der Waals surface area contributed by atoms with Gasteiger partial charge in [-0.1, -0.05) is 38.1 Å². The Balaban J connectivity index is 1.86. The molecule has 0 N–H and O–H groups in total. The van der Waals surface area contributed by atoms with Crippen molar-refractivity contribution in [2.45, 2.75) is 53.3 Å². The number of aryl methyl sites for hydroxylation is 1. The highest BCUT2D eigenvalue weighted by molar-refractivity contribution is 5.76. The first-order valence-electron chi connectivity index (χ1n) is 9.13. The molecule has 3 aromatic rings. The van der Waals surface area contributed by atoms with Crippen LogP contribution < -0.4 is 5.69 Å². The van der Waals surface area contributed by atoms with Gasteiger partial charge in [-0.2, -0.15) is 4.98 Å². The number of para-hydroxylation sites is 2. The molecule has 0 saturated heterocycles. The lowest BCUT2D eigenvalue weighted by Crippen LogP contribution is -2.24. The van der Waals surface area contributed by atoms with Crippen LogP contribution in [0.15, 0.2) is 33.6 Å². The summed E-state index contributed by atoms with van der Waals surface area (Å²) in [6, 6.07) is 7.77. The van der Waals surface area contributed by atoms with E-state index in [2.05, 4.69) is 30.9 Å². The average molecular weight is 358 g/mol. The van der Waals surface area contributed by atoms with Gasteiger partial charge >= 0.3 is 5.69 Å². The molecule has 7 nitrogen and oxygen atoms in total. The number of rotatable bonds is 8. The second kappa shape index (κ2) is 7.86. The van der Waals surface area contributed by atoms with Crippen molar-refractivity contribution in [3.8, 4) is 0 Å². The molecule has 7 heteroatoms. The largest absolute Gasteiger partial charge is 0.370 e. The SMILES string of the molecule is CCCn1c(=O)n(Cc2nc(C(C)OCC(C)C)no2)c2ccccc21. The molecule has 1 unspecified atom stereocenters. The van der Waals surface area contributed by atoms with Crippen molar-refractivity contribution >= 4 is 11.0 Å². The third-order valence-electron chi connectivity index (χ3n) is 4.19. The van der Waals surface area contributed by atoms with Crippen LogP contribution in [0.25, 0.3) is 11.0 Å². The van der Waals surface area contributed by atoms with Crippen molar-refractivity contribution < 1.29 is 9.26 Å². The van der Waals surface area contributed by atoms with E-state index in [0.29, 0.717) is 30.8 Å². The van der Waals surface area contributed by atoms with Gasteiger partial charge in [0.05, 0.1) is 11.0 Å². The van der Waals surface area contributed by atoms with E-state index in [0.717, 1.165) is 17.5 Å². The van der Waals surface area contributed by atoms with Gasteiger partial charge in [0.1, 0.15) is 12.6 Å². The molecule has 1 atom stereocenters. The lowest BCUT2D eigenvalue weighted by atomic mass is 10.2. The minimum Gasteiger partial charge on any atom is -0.370 e. The zero-order valence-electron chi connectivity index (χ0n) is 15.8. The fourth-order valence-electron chi connectivity index (χ4n) is 2.91. The van der Waals surface area contributed by atoms with Crippen LogP contribution in [0.2, 0.25) is 0 Å². The Morgan fingerprint density at radius 2 is 1.85 bits per heavy atom. The van der Waals surface area contributed by atoms with E-state index in [1.165, 1.54) is 0 Å². The van der Waals surface area contributed by atoms with E-state index in [-0.39, 0.29) is 18.3 Å². The highest BCUT2D eigenvalue weighted by Crippen LogP contribution is 2.17. The summed E-state index contributed by atoms with van der Waals surface area (Å²) in [5.41, 5.74) is 1.74. The maximum Gasteiger partial charge on any atom is 0.329 e. The fraction of sp³-hybridized carbons (Fsp3) is 0.526. The normalized spacial score (nSPS) is 13.0. The quantitative estimate of drug-likeness (QED) is 0.617. The second-order valence-electron chi connectivity index (χ2n) is 6.92. The molecule has 0 saturated carbocycles. The van der Waals surface area contributed by atoms with Gasteiger partial charge in [0, 0.05) is 13.2 Å². The zero-order valence-corrected chi connectivity index (χ0v) is 15.8. The number of hydrogen-bond donors (Lipinski definition) is 0. The van der Waals surface area contributed by atoms with E-state index in [4.69, 9.17) is 9.26 Å². The van der Waals surface area contributed by atoms with Crippen molar-refractivity contribution in [1.82, 2.24) is 19.3 Å². The molecule has 26 heavy (non-hydrogen) atoms. The minimum atomic E-state index is -0.243. The number of benzene rings is 1. The van der Waals surface area contributed by atoms with Crippen LogP contribution in [-0.4, -0.2) is 25.9 Å². The van der Waals surface area contributed by atoms with Crippen LogP contribution in [0.1, 0.15) is 51.9 Å². The standard InChI is InChI=1S/C19H26N4O3/c1-5-10-22-15-8-6-7-9-16(15)23(19(22)24)11-17-20-18(21-26-17)14(4)25-12-13(2)3/h6-9,13-14H,5,10-12H2,1-4H3. The van der Waals surface area contributed by atoms with Gasteiger partial charge in [-0.15, -0.1) is 0 Å². The van der Waals surface area contributed by atoms with Gasteiger partial charge < -0.3 is 9.26 Å². The van der Waals surface area contributed by atoms with E-state index >= 15 is 0 Å². The van der Waals surface area contributed by atoms with Crippen molar-refractivity contribution in [1.29, 1.82) is 0 Å². The molecule has 3 rings (SSSR count). The van der Waals surface area contributed by atoms with E-state index in [1.807, 2.05) is 31.2 Å². The Kier molecular flexibility index (Phi) is 5.56. The molecule has 0 aliphatic heterocycles. The molecule has 140 valence electrons. The summed E-state index contributed by atoms with van der Waals surface area (Å²) in [5.74, 6) is 1.35. The van der Waals surface area contributed by atoms with Gasteiger partial charge in [-0.05, 0) is 31.4 Å². The highest BCUT2D eigenvalue weighted by Gasteiger charge is 2.18. The first kappa shape index (κ1) is 18.4. The first-order valence-corrected chi connectivity index (χ1v) is 9.13. The maximum atomic E-state index is 12.8. The van der Waals surface area contributed by atoms with Gasteiger partial charge in [-0.25, -0.2) is 4.79 Å². The zero-order chi connectivity index (χ0) is 18.7. The third kappa shape index (κ3) is 3.72. The first-order chi connectivity index (χ1) is 12.5. The van der Waals surface area contributed by atoms with Crippen LogP contribution in [0.3, 0.4) is 0 Å². The third-order valence-corrected chi connectivity index (χ3v) is 4.19. The number of aromatic nitrogens is 4. The second-order valence-corrected chi connectivity index (χ2v) is 6.92. The Morgan fingerprint density at radius 1 is 1.15 bits per heavy atom. The summed E-state index contributed by atoms with van der Waals surface area (Å²) < 4.78 is 14.6. The fourth-order valence-corrected chi connectivity index (χ4v) is 2.91. The van der Waals surface area contributed by atoms with Gasteiger partial charge in [0.15, 0.2) is 5.82 Å². The number of imidazole rings is 1.